The second kappa shape index (κ2) is 11.7. The van der Waals surface area contributed by atoms with E-state index in [0.29, 0.717) is 26.2 Å². The average molecular weight is 471 g/mol. The van der Waals surface area contributed by atoms with E-state index in [1.807, 2.05) is 97.7 Å². The molecule has 5 rings (SSSR count). The van der Waals surface area contributed by atoms with Crippen LogP contribution in [0.4, 0.5) is 0 Å². The van der Waals surface area contributed by atoms with E-state index in [2.05, 4.69) is 32.1 Å². The van der Waals surface area contributed by atoms with Crippen LogP contribution in [0.2, 0.25) is 0 Å². The Balaban J connectivity index is 1.42. The van der Waals surface area contributed by atoms with Crippen LogP contribution < -0.4 is 0 Å². The molecule has 0 radical (unpaired) electrons. The van der Waals surface area contributed by atoms with Gasteiger partial charge in [0.05, 0.1) is 49.0 Å². The summed E-state index contributed by atoms with van der Waals surface area (Å²) in [6.45, 7) is 2.05. The predicted octanol–water partition coefficient (Wildman–Crippen LogP) is 5.27. The molecule has 0 aliphatic carbocycles. The van der Waals surface area contributed by atoms with Gasteiger partial charge in [0.1, 0.15) is 0 Å². The highest BCUT2D eigenvalue weighted by Gasteiger charge is 2.00. The lowest BCUT2D eigenvalue weighted by atomic mass is 10.1. The van der Waals surface area contributed by atoms with Gasteiger partial charge in [-0.1, -0.05) is 48.5 Å². The molecule has 2 aromatic carbocycles. The van der Waals surface area contributed by atoms with Gasteiger partial charge in [0, 0.05) is 24.9 Å². The molecule has 176 valence electrons. The molecule has 6 heteroatoms. The maximum absolute atomic E-state index is 4.70. The lowest BCUT2D eigenvalue weighted by Gasteiger charge is -2.02. The molecule has 2 aromatic heterocycles. The first-order chi connectivity index (χ1) is 17.8. The summed E-state index contributed by atoms with van der Waals surface area (Å²) in [6, 6.07) is 28.2. The molecule has 0 atom stereocenters. The maximum Gasteiger partial charge on any atom is 0.0812 e. The van der Waals surface area contributed by atoms with Crippen molar-refractivity contribution in [1.82, 2.24) is 9.97 Å². The van der Waals surface area contributed by atoms with E-state index < -0.39 is 0 Å². The van der Waals surface area contributed by atoms with Gasteiger partial charge in [-0.2, -0.15) is 0 Å². The number of aromatic nitrogens is 2. The fourth-order valence-electron chi connectivity index (χ4n) is 3.83. The number of rotatable bonds is 0. The molecule has 0 unspecified atom stereocenters. The average Bonchev–Trinajstić information content (AvgIpc) is 2.90. The van der Waals surface area contributed by atoms with Gasteiger partial charge < -0.3 is 0 Å². The molecule has 0 saturated carbocycles. The summed E-state index contributed by atoms with van der Waals surface area (Å²) >= 11 is 0. The first kappa shape index (κ1) is 23.2. The van der Waals surface area contributed by atoms with Gasteiger partial charge in [0.2, 0.25) is 0 Å². The summed E-state index contributed by atoms with van der Waals surface area (Å²) in [4.78, 5) is 27.8. The molecule has 4 aromatic rings. The quantitative estimate of drug-likeness (QED) is 0.351. The summed E-state index contributed by atoms with van der Waals surface area (Å²) in [7, 11) is 0. The van der Waals surface area contributed by atoms with E-state index >= 15 is 0 Å². The zero-order valence-electron chi connectivity index (χ0n) is 19.9. The van der Waals surface area contributed by atoms with E-state index in [-0.39, 0.29) is 0 Å². The lowest BCUT2D eigenvalue weighted by Crippen LogP contribution is -1.96. The number of fused-ring (bicyclic) bond motifs is 8. The van der Waals surface area contributed by atoms with Crippen molar-refractivity contribution in [3.8, 4) is 0 Å². The highest BCUT2D eigenvalue weighted by molar-refractivity contribution is 5.87. The summed E-state index contributed by atoms with van der Waals surface area (Å²) < 4.78 is 0. The van der Waals surface area contributed by atoms with Crippen LogP contribution >= 0.6 is 0 Å². The van der Waals surface area contributed by atoms with Crippen LogP contribution in [0.1, 0.15) is 45.0 Å². The van der Waals surface area contributed by atoms with Crippen molar-refractivity contribution in [2.75, 3.05) is 0 Å². The Kier molecular flexibility index (Phi) is 7.54. The molecular formula is C30H26N6. The molecule has 6 nitrogen and oxygen atoms in total. The lowest BCUT2D eigenvalue weighted by molar-refractivity contribution is 0.921. The van der Waals surface area contributed by atoms with Gasteiger partial charge in [0.25, 0.3) is 0 Å². The molecule has 1 aliphatic rings. The van der Waals surface area contributed by atoms with Crippen LogP contribution in [0.5, 0.6) is 0 Å². The molecule has 0 amide bonds. The van der Waals surface area contributed by atoms with E-state index in [4.69, 9.17) is 9.97 Å². The number of benzene rings is 2. The van der Waals surface area contributed by atoms with Crippen molar-refractivity contribution in [3.05, 3.63) is 130 Å². The van der Waals surface area contributed by atoms with Crippen LogP contribution in [-0.2, 0) is 26.2 Å². The van der Waals surface area contributed by atoms with Crippen molar-refractivity contribution in [2.24, 2.45) is 20.0 Å². The van der Waals surface area contributed by atoms with E-state index in [0.717, 1.165) is 45.0 Å². The molecule has 0 fully saturated rings. The Morgan fingerprint density at radius 2 is 0.639 bits per heavy atom. The van der Waals surface area contributed by atoms with Gasteiger partial charge in [-0.3, -0.25) is 29.9 Å². The van der Waals surface area contributed by atoms with E-state index in [1.54, 1.807) is 0 Å². The van der Waals surface area contributed by atoms with Gasteiger partial charge >= 0.3 is 0 Å². The minimum absolute atomic E-state index is 0.513. The molecule has 0 saturated heterocycles. The molecule has 36 heavy (non-hydrogen) atoms. The standard InChI is InChI=1S/C30H26N6/c1-5-23-13-24(6-1)16-32-20-28-10-4-12-30(36-28)22-34-18-26-8-2-7-25(14-26)17-33-21-29-11-3-9-27(35-29)19-31-15-23/h1-18H,19-22H2. The minimum atomic E-state index is 0.513. The second-order valence-corrected chi connectivity index (χ2v) is 8.46. The Morgan fingerprint density at radius 1 is 0.361 bits per heavy atom. The van der Waals surface area contributed by atoms with Crippen molar-refractivity contribution in [1.29, 1.82) is 0 Å². The smallest absolute Gasteiger partial charge is 0.0812 e. The van der Waals surface area contributed by atoms with Gasteiger partial charge in [-0.15, -0.1) is 0 Å². The fraction of sp³-hybridized carbons (Fsp3) is 0.133. The summed E-state index contributed by atoms with van der Waals surface area (Å²) in [5.74, 6) is 0. The van der Waals surface area contributed by atoms with E-state index in [1.165, 1.54) is 0 Å². The Bertz CT molecular complexity index is 1250. The van der Waals surface area contributed by atoms with Crippen LogP contribution in [0.15, 0.2) is 105 Å². The van der Waals surface area contributed by atoms with Crippen molar-refractivity contribution in [2.45, 2.75) is 26.2 Å². The maximum atomic E-state index is 4.70. The molecule has 0 spiro atoms. The first-order valence-corrected chi connectivity index (χ1v) is 11.9. The summed E-state index contributed by atoms with van der Waals surface area (Å²) in [5, 5.41) is 0. The molecule has 3 heterocycles. The molecule has 8 bridgehead atoms. The third kappa shape index (κ3) is 6.73. The Hall–Kier alpha value is -4.58. The predicted molar refractivity (Wildman–Crippen MR) is 147 cm³/mol. The minimum Gasteiger partial charge on any atom is -0.286 e. The number of pyridine rings is 2. The molecule has 0 N–H and O–H groups in total. The van der Waals surface area contributed by atoms with Crippen LogP contribution in [0.25, 0.3) is 0 Å². The number of hydrogen-bond acceptors (Lipinski definition) is 6. The Morgan fingerprint density at radius 3 is 0.944 bits per heavy atom. The number of hydrogen-bond donors (Lipinski definition) is 0. The van der Waals surface area contributed by atoms with Gasteiger partial charge in [-0.25, -0.2) is 0 Å². The highest BCUT2D eigenvalue weighted by atomic mass is 14.8. The van der Waals surface area contributed by atoms with E-state index in [9.17, 15) is 0 Å². The highest BCUT2D eigenvalue weighted by Crippen LogP contribution is 2.08. The van der Waals surface area contributed by atoms with Gasteiger partial charge in [-0.05, 0) is 58.7 Å². The number of nitrogens with zero attached hydrogens (tertiary/aromatic N) is 6. The zero-order chi connectivity index (χ0) is 24.4. The summed E-state index contributed by atoms with van der Waals surface area (Å²) in [5.41, 5.74) is 7.75. The topological polar surface area (TPSA) is 75.2 Å². The first-order valence-electron chi connectivity index (χ1n) is 11.9. The fourth-order valence-corrected chi connectivity index (χ4v) is 3.83. The van der Waals surface area contributed by atoms with Crippen LogP contribution in [0.3, 0.4) is 0 Å². The molecule has 1 aliphatic heterocycles. The molecular weight excluding hydrogens is 444 g/mol. The zero-order valence-corrected chi connectivity index (χ0v) is 19.9. The third-order valence-corrected chi connectivity index (χ3v) is 5.52. The van der Waals surface area contributed by atoms with Crippen molar-refractivity contribution < 1.29 is 0 Å². The SMILES string of the molecule is C1=NCc2cccc(n2)CN=Cc2cccc(c2)C=NCc2cccc(n2)CN=Cc2cccc1c2. The summed E-state index contributed by atoms with van der Waals surface area (Å²) in [6.07, 6.45) is 7.50. The van der Waals surface area contributed by atoms with Crippen molar-refractivity contribution in [3.63, 3.8) is 0 Å². The number of aliphatic imine (C=N–C) groups is 4. The monoisotopic (exact) mass is 470 g/mol. The Labute approximate surface area is 211 Å². The second-order valence-electron chi connectivity index (χ2n) is 8.46. The van der Waals surface area contributed by atoms with Crippen molar-refractivity contribution >= 4 is 24.9 Å². The third-order valence-electron chi connectivity index (χ3n) is 5.52. The van der Waals surface area contributed by atoms with Crippen LogP contribution in [-0.4, -0.2) is 34.8 Å². The van der Waals surface area contributed by atoms with Crippen LogP contribution in [0, 0.1) is 0 Å². The van der Waals surface area contributed by atoms with Gasteiger partial charge in [0.15, 0.2) is 0 Å². The normalized spacial score (nSPS) is 13.8. The largest absolute Gasteiger partial charge is 0.286 e.